The summed E-state index contributed by atoms with van der Waals surface area (Å²) in [6, 6.07) is 7.23. The Hall–Kier alpha value is -3.00. The van der Waals surface area contributed by atoms with E-state index < -0.39 is 11.6 Å². The van der Waals surface area contributed by atoms with Gasteiger partial charge in [-0.1, -0.05) is 0 Å². The van der Waals surface area contributed by atoms with Gasteiger partial charge in [0.2, 0.25) is 5.89 Å². The summed E-state index contributed by atoms with van der Waals surface area (Å²) in [4.78, 5) is 24.8. The molecule has 0 unspecified atom stereocenters. The van der Waals surface area contributed by atoms with Gasteiger partial charge in [0.25, 0.3) is 0 Å². The van der Waals surface area contributed by atoms with Crippen LogP contribution in [0.4, 0.5) is 4.39 Å². The van der Waals surface area contributed by atoms with Crippen molar-refractivity contribution in [3.05, 3.63) is 63.7 Å². The first-order chi connectivity index (χ1) is 13.4. The Morgan fingerprint density at radius 3 is 2.64 bits per heavy atom. The van der Waals surface area contributed by atoms with E-state index >= 15 is 0 Å². The van der Waals surface area contributed by atoms with Crippen LogP contribution in [0.1, 0.15) is 28.2 Å². The summed E-state index contributed by atoms with van der Waals surface area (Å²) in [5, 5.41) is 4.07. The fourth-order valence-corrected chi connectivity index (χ4v) is 3.13. The minimum Gasteiger partial charge on any atom is -0.388 e. The summed E-state index contributed by atoms with van der Waals surface area (Å²) in [6.45, 7) is 4.97. The zero-order valence-electron chi connectivity index (χ0n) is 16.1. The summed E-state index contributed by atoms with van der Waals surface area (Å²) >= 11 is 0. The summed E-state index contributed by atoms with van der Waals surface area (Å²) in [6.07, 6.45) is 0.838. The van der Waals surface area contributed by atoms with Crippen LogP contribution in [0, 0.1) is 19.7 Å². The maximum Gasteiger partial charge on any atom is 0.437 e. The highest BCUT2D eigenvalue weighted by Crippen LogP contribution is 2.18. The van der Waals surface area contributed by atoms with Crippen molar-refractivity contribution >= 4 is 5.78 Å². The molecule has 28 heavy (non-hydrogen) atoms. The highest BCUT2D eigenvalue weighted by molar-refractivity contribution is 5.97. The molecule has 0 amide bonds. The molecular weight excluding hydrogens is 365 g/mol. The SMILES string of the molecule is COCCCn1c(C)cc(C(=O)Cn2nc(-c3ccc(F)cc3)oc2=O)c1C. The predicted octanol–water partition coefficient (Wildman–Crippen LogP) is 2.98. The smallest absolute Gasteiger partial charge is 0.388 e. The van der Waals surface area contributed by atoms with Crippen LogP contribution < -0.4 is 5.76 Å². The van der Waals surface area contributed by atoms with Gasteiger partial charge in [0.05, 0.1) is 0 Å². The number of methoxy groups -OCH3 is 1. The lowest BCUT2D eigenvalue weighted by atomic mass is 10.1. The second-order valence-electron chi connectivity index (χ2n) is 6.54. The van der Waals surface area contributed by atoms with E-state index in [1.54, 1.807) is 7.11 Å². The number of aryl methyl sites for hydroxylation is 1. The van der Waals surface area contributed by atoms with Gasteiger partial charge in [-0.25, -0.2) is 9.18 Å². The van der Waals surface area contributed by atoms with Crippen molar-refractivity contribution in [3.63, 3.8) is 0 Å². The van der Waals surface area contributed by atoms with Gasteiger partial charge >= 0.3 is 5.76 Å². The Morgan fingerprint density at radius 2 is 1.96 bits per heavy atom. The second kappa shape index (κ2) is 8.35. The number of rotatable bonds is 8. The van der Waals surface area contributed by atoms with E-state index in [0.717, 1.165) is 29.0 Å². The lowest BCUT2D eigenvalue weighted by molar-refractivity contribution is 0.0964. The number of halogens is 1. The van der Waals surface area contributed by atoms with Crippen LogP contribution in [0.5, 0.6) is 0 Å². The molecule has 0 saturated carbocycles. The summed E-state index contributed by atoms with van der Waals surface area (Å²) < 4.78 is 26.3. The number of nitrogens with zero attached hydrogens (tertiary/aromatic N) is 3. The number of ether oxygens (including phenoxy) is 1. The number of Topliss-reactive ketones (excluding diaryl/α,β-unsaturated/α-hetero) is 1. The molecule has 2 heterocycles. The van der Waals surface area contributed by atoms with Gasteiger partial charge in [0, 0.05) is 42.8 Å². The molecular formula is C20H22FN3O4. The standard InChI is InChI=1S/C20H22FN3O4/c1-13-11-17(14(2)23(13)9-4-10-27-3)18(25)12-24-20(26)28-19(22-24)15-5-7-16(21)8-6-15/h5-8,11H,4,9-10,12H2,1-3H3. The Labute approximate surface area is 161 Å². The summed E-state index contributed by atoms with van der Waals surface area (Å²) in [5.41, 5.74) is 2.82. The Morgan fingerprint density at radius 1 is 1.25 bits per heavy atom. The van der Waals surface area contributed by atoms with Crippen molar-refractivity contribution in [2.24, 2.45) is 0 Å². The Kier molecular flexibility index (Phi) is 5.89. The van der Waals surface area contributed by atoms with Gasteiger partial charge in [-0.05, 0) is 50.6 Å². The third-order valence-electron chi connectivity index (χ3n) is 4.60. The quantitative estimate of drug-likeness (QED) is 0.439. The largest absolute Gasteiger partial charge is 0.437 e. The van der Waals surface area contributed by atoms with Crippen LogP contribution >= 0.6 is 0 Å². The number of aromatic nitrogens is 3. The molecule has 0 bridgehead atoms. The average molecular weight is 387 g/mol. The molecule has 3 rings (SSSR count). The first-order valence-electron chi connectivity index (χ1n) is 8.93. The molecule has 0 saturated heterocycles. The van der Waals surface area contributed by atoms with Crippen molar-refractivity contribution in [1.29, 1.82) is 0 Å². The Balaban J connectivity index is 1.79. The maximum absolute atomic E-state index is 13.0. The van der Waals surface area contributed by atoms with Crippen molar-refractivity contribution in [2.45, 2.75) is 33.4 Å². The normalized spacial score (nSPS) is 11.1. The van der Waals surface area contributed by atoms with E-state index in [4.69, 9.17) is 9.15 Å². The van der Waals surface area contributed by atoms with Crippen LogP contribution in [0.3, 0.4) is 0 Å². The number of carbonyl (C=O) groups is 1. The molecule has 0 spiro atoms. The second-order valence-corrected chi connectivity index (χ2v) is 6.54. The molecule has 7 nitrogen and oxygen atoms in total. The first kappa shape index (κ1) is 19.8. The van der Waals surface area contributed by atoms with Crippen LogP contribution in [0.25, 0.3) is 11.5 Å². The highest BCUT2D eigenvalue weighted by Gasteiger charge is 2.19. The Bertz CT molecular complexity index is 1030. The monoisotopic (exact) mass is 387 g/mol. The maximum atomic E-state index is 13.0. The fourth-order valence-electron chi connectivity index (χ4n) is 3.13. The molecule has 0 N–H and O–H groups in total. The number of ketones is 1. The van der Waals surface area contributed by atoms with Gasteiger partial charge < -0.3 is 13.7 Å². The van der Waals surface area contributed by atoms with Gasteiger partial charge in [-0.3, -0.25) is 4.79 Å². The third kappa shape index (κ3) is 4.12. The van der Waals surface area contributed by atoms with E-state index in [1.807, 2.05) is 19.9 Å². The van der Waals surface area contributed by atoms with Gasteiger partial charge in [0.15, 0.2) is 5.78 Å². The van der Waals surface area contributed by atoms with E-state index in [-0.39, 0.29) is 18.2 Å². The molecule has 0 aliphatic rings. The molecule has 8 heteroatoms. The van der Waals surface area contributed by atoms with Crippen molar-refractivity contribution in [1.82, 2.24) is 14.3 Å². The zero-order valence-corrected chi connectivity index (χ0v) is 16.1. The first-order valence-corrected chi connectivity index (χ1v) is 8.93. The van der Waals surface area contributed by atoms with Crippen molar-refractivity contribution in [2.75, 3.05) is 13.7 Å². The molecule has 0 aliphatic carbocycles. The molecule has 0 fully saturated rings. The summed E-state index contributed by atoms with van der Waals surface area (Å²) in [5.74, 6) is -1.32. The molecule has 0 radical (unpaired) electrons. The lowest BCUT2D eigenvalue weighted by Gasteiger charge is -2.09. The minimum atomic E-state index is -0.735. The van der Waals surface area contributed by atoms with Crippen LogP contribution in [0.15, 0.2) is 39.5 Å². The topological polar surface area (TPSA) is 79.3 Å². The molecule has 0 atom stereocenters. The molecule has 0 aliphatic heterocycles. The van der Waals surface area contributed by atoms with E-state index in [1.165, 1.54) is 24.3 Å². The van der Waals surface area contributed by atoms with E-state index in [9.17, 15) is 14.0 Å². The number of carbonyl (C=O) groups excluding carboxylic acids is 1. The zero-order chi connectivity index (χ0) is 20.3. The molecule has 2 aromatic heterocycles. The van der Waals surface area contributed by atoms with Crippen LogP contribution in [-0.2, 0) is 17.8 Å². The van der Waals surface area contributed by atoms with Crippen LogP contribution in [-0.4, -0.2) is 33.8 Å². The fraction of sp³-hybridized carbons (Fsp3) is 0.350. The summed E-state index contributed by atoms with van der Waals surface area (Å²) in [7, 11) is 1.65. The van der Waals surface area contributed by atoms with E-state index in [2.05, 4.69) is 9.67 Å². The van der Waals surface area contributed by atoms with Crippen molar-refractivity contribution < 1.29 is 18.3 Å². The average Bonchev–Trinajstić information content (AvgIpc) is 3.16. The van der Waals surface area contributed by atoms with Crippen LogP contribution in [0.2, 0.25) is 0 Å². The minimum absolute atomic E-state index is 0.0443. The van der Waals surface area contributed by atoms with E-state index in [0.29, 0.717) is 17.7 Å². The van der Waals surface area contributed by atoms with Gasteiger partial charge in [-0.15, -0.1) is 5.10 Å². The van der Waals surface area contributed by atoms with Crippen molar-refractivity contribution in [3.8, 4) is 11.5 Å². The third-order valence-corrected chi connectivity index (χ3v) is 4.60. The number of hydrogen-bond acceptors (Lipinski definition) is 5. The lowest BCUT2D eigenvalue weighted by Crippen LogP contribution is -2.22. The molecule has 3 aromatic rings. The number of benzene rings is 1. The number of hydrogen-bond donors (Lipinski definition) is 0. The van der Waals surface area contributed by atoms with Gasteiger partial charge in [0.1, 0.15) is 12.4 Å². The molecule has 148 valence electrons. The molecule has 1 aromatic carbocycles. The predicted molar refractivity (Wildman–Crippen MR) is 101 cm³/mol. The van der Waals surface area contributed by atoms with Gasteiger partial charge in [-0.2, -0.15) is 4.68 Å². The highest BCUT2D eigenvalue weighted by atomic mass is 19.1.